The number of rotatable bonds is 7. The van der Waals surface area contributed by atoms with Crippen LogP contribution in [0.15, 0.2) is 23.2 Å². The van der Waals surface area contributed by atoms with Crippen molar-refractivity contribution in [2.24, 2.45) is 4.99 Å². The Bertz CT molecular complexity index is 636. The molecule has 7 nitrogen and oxygen atoms in total. The third kappa shape index (κ3) is 7.16. The molecule has 2 aliphatic heterocycles. The molecule has 2 saturated heterocycles. The highest BCUT2D eigenvalue weighted by Crippen LogP contribution is 2.18. The van der Waals surface area contributed by atoms with Gasteiger partial charge in [0.1, 0.15) is 5.82 Å². The molecule has 0 unspecified atom stereocenters. The maximum Gasteiger partial charge on any atom is 0.191 e. The van der Waals surface area contributed by atoms with E-state index in [0.717, 1.165) is 95.4 Å². The van der Waals surface area contributed by atoms with Gasteiger partial charge in [-0.25, -0.2) is 4.98 Å². The Morgan fingerprint density at radius 3 is 2.62 bits per heavy atom. The lowest BCUT2D eigenvalue weighted by Gasteiger charge is -2.34. The molecule has 0 radical (unpaired) electrons. The SMILES string of the molecule is CCNC(=NCCCN1CCC(O)CC1)NC1CCN(c2cccc(C)n2)CC1. The van der Waals surface area contributed by atoms with Crippen molar-refractivity contribution in [3.8, 4) is 0 Å². The number of piperidine rings is 2. The maximum atomic E-state index is 9.61. The van der Waals surface area contributed by atoms with Crippen LogP contribution in [-0.2, 0) is 0 Å². The van der Waals surface area contributed by atoms with E-state index in [1.54, 1.807) is 0 Å². The van der Waals surface area contributed by atoms with Gasteiger partial charge in [0.15, 0.2) is 5.96 Å². The number of anilines is 1. The number of aryl methyl sites for hydroxylation is 1. The predicted molar refractivity (Wildman–Crippen MR) is 120 cm³/mol. The summed E-state index contributed by atoms with van der Waals surface area (Å²) in [5.74, 6) is 2.03. The number of likely N-dealkylation sites (tertiary alicyclic amines) is 1. The zero-order chi connectivity index (χ0) is 20.5. The van der Waals surface area contributed by atoms with Gasteiger partial charge in [-0.2, -0.15) is 0 Å². The molecule has 0 aliphatic carbocycles. The largest absolute Gasteiger partial charge is 0.393 e. The van der Waals surface area contributed by atoms with Crippen LogP contribution in [0.3, 0.4) is 0 Å². The second kappa shape index (κ2) is 11.4. The molecule has 7 heteroatoms. The lowest BCUT2D eigenvalue weighted by Crippen LogP contribution is -2.49. The predicted octanol–water partition coefficient (Wildman–Crippen LogP) is 1.76. The van der Waals surface area contributed by atoms with Gasteiger partial charge < -0.3 is 25.5 Å². The monoisotopic (exact) mass is 402 g/mol. The molecule has 162 valence electrons. The summed E-state index contributed by atoms with van der Waals surface area (Å²) in [6.45, 7) is 11.0. The van der Waals surface area contributed by atoms with Crippen molar-refractivity contribution in [2.45, 2.75) is 58.1 Å². The molecule has 1 aromatic rings. The molecule has 2 fully saturated rings. The van der Waals surface area contributed by atoms with Gasteiger partial charge >= 0.3 is 0 Å². The number of hydrogen-bond acceptors (Lipinski definition) is 5. The molecular weight excluding hydrogens is 364 g/mol. The second-order valence-corrected chi connectivity index (χ2v) is 8.23. The van der Waals surface area contributed by atoms with E-state index in [9.17, 15) is 5.11 Å². The van der Waals surface area contributed by atoms with Crippen molar-refractivity contribution in [3.63, 3.8) is 0 Å². The molecule has 2 aliphatic rings. The van der Waals surface area contributed by atoms with Crippen LogP contribution in [0, 0.1) is 6.92 Å². The van der Waals surface area contributed by atoms with Crippen molar-refractivity contribution in [1.29, 1.82) is 0 Å². The van der Waals surface area contributed by atoms with Gasteiger partial charge in [-0.05, 0) is 64.6 Å². The molecule has 0 bridgehead atoms. The lowest BCUT2D eigenvalue weighted by atomic mass is 10.1. The van der Waals surface area contributed by atoms with Gasteiger partial charge in [-0.3, -0.25) is 4.99 Å². The molecule has 0 atom stereocenters. The third-order valence-electron chi connectivity index (χ3n) is 5.84. The zero-order valence-corrected chi connectivity index (χ0v) is 18.1. The summed E-state index contributed by atoms with van der Waals surface area (Å²) in [6, 6.07) is 6.70. The first-order valence-electron chi connectivity index (χ1n) is 11.3. The number of hydrogen-bond donors (Lipinski definition) is 3. The summed E-state index contributed by atoms with van der Waals surface area (Å²) in [6.07, 6.45) is 4.96. The van der Waals surface area contributed by atoms with Gasteiger partial charge in [0.25, 0.3) is 0 Å². The normalized spacial score (nSPS) is 20.1. The fourth-order valence-corrected chi connectivity index (χ4v) is 4.10. The molecule has 1 aromatic heterocycles. The second-order valence-electron chi connectivity index (χ2n) is 8.23. The lowest BCUT2D eigenvalue weighted by molar-refractivity contribution is 0.0824. The average Bonchev–Trinajstić information content (AvgIpc) is 2.73. The number of pyridine rings is 1. The highest BCUT2D eigenvalue weighted by molar-refractivity contribution is 5.80. The van der Waals surface area contributed by atoms with E-state index >= 15 is 0 Å². The minimum Gasteiger partial charge on any atom is -0.393 e. The van der Waals surface area contributed by atoms with E-state index in [4.69, 9.17) is 4.99 Å². The van der Waals surface area contributed by atoms with Crippen LogP contribution in [0.4, 0.5) is 5.82 Å². The van der Waals surface area contributed by atoms with Crippen LogP contribution in [0.1, 0.15) is 44.7 Å². The Kier molecular flexibility index (Phi) is 8.55. The van der Waals surface area contributed by atoms with Crippen LogP contribution in [-0.4, -0.2) is 78.9 Å². The minimum absolute atomic E-state index is 0.0954. The number of aromatic nitrogens is 1. The smallest absolute Gasteiger partial charge is 0.191 e. The number of guanidine groups is 1. The van der Waals surface area contributed by atoms with Crippen molar-refractivity contribution in [3.05, 3.63) is 23.9 Å². The van der Waals surface area contributed by atoms with Gasteiger partial charge in [0.05, 0.1) is 6.10 Å². The van der Waals surface area contributed by atoms with Crippen LogP contribution in [0.2, 0.25) is 0 Å². The van der Waals surface area contributed by atoms with Crippen molar-refractivity contribution >= 4 is 11.8 Å². The van der Waals surface area contributed by atoms with Crippen LogP contribution >= 0.6 is 0 Å². The third-order valence-corrected chi connectivity index (χ3v) is 5.84. The standard InChI is InChI=1S/C22H38N6O/c1-3-23-22(24-12-5-13-27-14-10-20(29)11-15-27)26-19-8-16-28(17-9-19)21-7-4-6-18(2)25-21/h4,6-7,19-20,29H,3,5,8-17H2,1-2H3,(H2,23,24,26). The van der Waals surface area contributed by atoms with Crippen molar-refractivity contribution < 1.29 is 5.11 Å². The molecule has 0 spiro atoms. The van der Waals surface area contributed by atoms with E-state index in [1.165, 1.54) is 0 Å². The van der Waals surface area contributed by atoms with Gasteiger partial charge in [0.2, 0.25) is 0 Å². The molecule has 29 heavy (non-hydrogen) atoms. The number of nitrogens with one attached hydrogen (secondary N) is 2. The topological polar surface area (TPSA) is 76.0 Å². The molecule has 0 amide bonds. The van der Waals surface area contributed by atoms with E-state index in [1.807, 2.05) is 13.0 Å². The summed E-state index contributed by atoms with van der Waals surface area (Å²) < 4.78 is 0. The molecular formula is C22H38N6O. The minimum atomic E-state index is -0.0954. The summed E-state index contributed by atoms with van der Waals surface area (Å²) in [7, 11) is 0. The highest BCUT2D eigenvalue weighted by Gasteiger charge is 2.21. The van der Waals surface area contributed by atoms with E-state index in [2.05, 4.69) is 44.5 Å². The Balaban J connectivity index is 1.40. The summed E-state index contributed by atoms with van der Waals surface area (Å²) in [5, 5.41) is 16.6. The van der Waals surface area contributed by atoms with Gasteiger partial charge in [0, 0.05) is 51.0 Å². The summed E-state index contributed by atoms with van der Waals surface area (Å²) in [4.78, 5) is 14.3. The fourth-order valence-electron chi connectivity index (χ4n) is 4.10. The average molecular weight is 403 g/mol. The number of aliphatic hydroxyl groups excluding tert-OH is 1. The Labute approximate surface area is 175 Å². The van der Waals surface area contributed by atoms with Crippen molar-refractivity contribution in [2.75, 3.05) is 50.7 Å². The van der Waals surface area contributed by atoms with E-state index < -0.39 is 0 Å². The Hall–Kier alpha value is -1.86. The van der Waals surface area contributed by atoms with E-state index in [0.29, 0.717) is 6.04 Å². The molecule has 3 heterocycles. The molecule has 3 N–H and O–H groups in total. The number of aliphatic hydroxyl groups is 1. The van der Waals surface area contributed by atoms with E-state index in [-0.39, 0.29) is 6.10 Å². The van der Waals surface area contributed by atoms with Crippen molar-refractivity contribution in [1.82, 2.24) is 20.5 Å². The fraction of sp³-hybridized carbons (Fsp3) is 0.727. The summed E-state index contributed by atoms with van der Waals surface area (Å²) >= 11 is 0. The van der Waals surface area contributed by atoms with Gasteiger partial charge in [-0.1, -0.05) is 6.07 Å². The molecule has 0 saturated carbocycles. The summed E-state index contributed by atoms with van der Waals surface area (Å²) in [5.41, 5.74) is 1.07. The first-order chi connectivity index (χ1) is 14.1. The van der Waals surface area contributed by atoms with Crippen LogP contribution in [0.25, 0.3) is 0 Å². The van der Waals surface area contributed by atoms with Crippen LogP contribution < -0.4 is 15.5 Å². The zero-order valence-electron chi connectivity index (χ0n) is 18.1. The van der Waals surface area contributed by atoms with Gasteiger partial charge in [-0.15, -0.1) is 0 Å². The Morgan fingerprint density at radius 1 is 1.17 bits per heavy atom. The quantitative estimate of drug-likeness (QED) is 0.367. The first kappa shape index (κ1) is 21.8. The highest BCUT2D eigenvalue weighted by atomic mass is 16.3. The molecule has 0 aromatic carbocycles. The first-order valence-corrected chi connectivity index (χ1v) is 11.3. The van der Waals surface area contributed by atoms with Crippen LogP contribution in [0.5, 0.6) is 0 Å². The number of aliphatic imine (C=N–C) groups is 1. The maximum absolute atomic E-state index is 9.61. The number of nitrogens with zero attached hydrogens (tertiary/aromatic N) is 4. The molecule has 3 rings (SSSR count). The Morgan fingerprint density at radius 2 is 1.93 bits per heavy atom.